The van der Waals surface area contributed by atoms with Crippen molar-refractivity contribution in [2.45, 2.75) is 26.6 Å². The first-order valence-electron chi connectivity index (χ1n) is 9.75. The molecule has 0 fully saturated rings. The Morgan fingerprint density at radius 3 is 2.17 bits per heavy atom. The minimum atomic E-state index is -3.23. The van der Waals surface area contributed by atoms with Crippen LogP contribution in [0.3, 0.4) is 0 Å². The maximum absolute atomic E-state index is 12.6. The summed E-state index contributed by atoms with van der Waals surface area (Å²) in [5, 5.41) is 4.07. The summed E-state index contributed by atoms with van der Waals surface area (Å²) >= 11 is 0. The topological polar surface area (TPSA) is 80.0 Å². The highest BCUT2D eigenvalue weighted by molar-refractivity contribution is 7.53. The van der Waals surface area contributed by atoms with Gasteiger partial charge in [-0.3, -0.25) is 4.57 Å². The number of aromatic nitrogens is 1. The van der Waals surface area contributed by atoms with Crippen molar-refractivity contribution >= 4 is 7.60 Å². The zero-order chi connectivity index (χ0) is 21.4. The van der Waals surface area contributed by atoms with Gasteiger partial charge in [-0.25, -0.2) is 0 Å². The van der Waals surface area contributed by atoms with Crippen molar-refractivity contribution < 1.29 is 27.6 Å². The molecule has 3 rings (SSSR count). The van der Waals surface area contributed by atoms with Crippen LogP contribution in [0.5, 0.6) is 11.5 Å². The highest BCUT2D eigenvalue weighted by Gasteiger charge is 2.26. The zero-order valence-electron chi connectivity index (χ0n) is 17.4. The van der Waals surface area contributed by atoms with Crippen LogP contribution in [0, 0.1) is 0 Å². The Labute approximate surface area is 176 Å². The Morgan fingerprint density at radius 2 is 1.57 bits per heavy atom. The van der Waals surface area contributed by atoms with E-state index in [1.54, 1.807) is 27.0 Å². The van der Waals surface area contributed by atoms with Crippen molar-refractivity contribution in [3.63, 3.8) is 0 Å². The SMILES string of the molecule is CCOP(=O)(Cc1cc(-c2ccc(OCc3ccc(OC)cc3)cc2)no1)OCC. The summed E-state index contributed by atoms with van der Waals surface area (Å²) in [5.74, 6) is 2.01. The summed E-state index contributed by atoms with van der Waals surface area (Å²) < 4.78 is 39.6. The standard InChI is InChI=1S/C22H26NO6P/c1-4-27-30(24,28-5-2)16-21-14-22(23-29-21)18-8-12-20(13-9-18)26-15-17-6-10-19(25-3)11-7-17/h6-14H,4-5,15-16H2,1-3H3. The van der Waals surface area contributed by atoms with E-state index < -0.39 is 7.60 Å². The van der Waals surface area contributed by atoms with Gasteiger partial charge in [0.2, 0.25) is 0 Å². The molecule has 3 aromatic rings. The van der Waals surface area contributed by atoms with Crippen LogP contribution in [-0.2, 0) is 26.4 Å². The summed E-state index contributed by atoms with van der Waals surface area (Å²) in [6.07, 6.45) is 0.0464. The fourth-order valence-electron chi connectivity index (χ4n) is 2.85. The second-order valence-electron chi connectivity index (χ2n) is 6.44. The molecule has 0 aliphatic rings. The Hall–Kier alpha value is -2.60. The van der Waals surface area contributed by atoms with Crippen LogP contribution in [0.1, 0.15) is 25.2 Å². The summed E-state index contributed by atoms with van der Waals surface area (Å²) in [4.78, 5) is 0. The highest BCUT2D eigenvalue weighted by atomic mass is 31.2. The monoisotopic (exact) mass is 431 g/mol. The minimum Gasteiger partial charge on any atom is -0.497 e. The van der Waals surface area contributed by atoms with Crippen LogP contribution in [0.25, 0.3) is 11.3 Å². The van der Waals surface area contributed by atoms with Gasteiger partial charge in [0.1, 0.15) is 35.7 Å². The van der Waals surface area contributed by atoms with Gasteiger partial charge >= 0.3 is 7.60 Å². The van der Waals surface area contributed by atoms with E-state index in [0.717, 1.165) is 22.6 Å². The predicted octanol–water partition coefficient (Wildman–Crippen LogP) is 5.70. The molecule has 0 bridgehead atoms. The van der Waals surface area contributed by atoms with E-state index in [2.05, 4.69) is 5.16 Å². The maximum atomic E-state index is 12.6. The van der Waals surface area contributed by atoms with Gasteiger partial charge in [0.05, 0.1) is 20.3 Å². The first-order valence-corrected chi connectivity index (χ1v) is 11.5. The molecule has 0 saturated carbocycles. The highest BCUT2D eigenvalue weighted by Crippen LogP contribution is 2.51. The number of rotatable bonds is 11. The molecule has 0 atom stereocenters. The van der Waals surface area contributed by atoms with Crippen molar-refractivity contribution in [2.75, 3.05) is 20.3 Å². The van der Waals surface area contributed by atoms with Crippen molar-refractivity contribution in [1.82, 2.24) is 5.16 Å². The summed E-state index contributed by atoms with van der Waals surface area (Å²) in [6, 6.07) is 17.0. The fraction of sp³-hybridized carbons (Fsp3) is 0.318. The van der Waals surface area contributed by atoms with Crippen LogP contribution in [-0.4, -0.2) is 25.5 Å². The molecule has 0 aliphatic heterocycles. The quantitative estimate of drug-likeness (QED) is 0.361. The van der Waals surface area contributed by atoms with Crippen molar-refractivity contribution in [1.29, 1.82) is 0 Å². The van der Waals surface area contributed by atoms with Crippen LogP contribution < -0.4 is 9.47 Å². The molecule has 30 heavy (non-hydrogen) atoms. The third-order valence-corrected chi connectivity index (χ3v) is 6.28. The molecule has 0 radical (unpaired) electrons. The molecule has 0 saturated heterocycles. The zero-order valence-corrected chi connectivity index (χ0v) is 18.3. The van der Waals surface area contributed by atoms with Crippen LogP contribution in [0.15, 0.2) is 59.1 Å². The molecular formula is C22H26NO6P. The van der Waals surface area contributed by atoms with Crippen LogP contribution in [0.4, 0.5) is 0 Å². The Morgan fingerprint density at radius 1 is 0.933 bits per heavy atom. The molecule has 0 spiro atoms. The number of hydrogen-bond acceptors (Lipinski definition) is 7. The fourth-order valence-corrected chi connectivity index (χ4v) is 4.42. The molecule has 160 valence electrons. The van der Waals surface area contributed by atoms with Crippen molar-refractivity contribution in [3.05, 3.63) is 65.9 Å². The van der Waals surface area contributed by atoms with E-state index in [9.17, 15) is 4.57 Å². The van der Waals surface area contributed by atoms with E-state index in [4.69, 9.17) is 23.0 Å². The molecule has 1 aromatic heterocycles. The molecule has 0 N–H and O–H groups in total. The molecule has 0 aliphatic carbocycles. The second-order valence-corrected chi connectivity index (χ2v) is 8.50. The Balaban J connectivity index is 1.61. The Kier molecular flexibility index (Phi) is 7.69. The Bertz CT molecular complexity index is 958. The smallest absolute Gasteiger partial charge is 0.338 e. The molecule has 2 aromatic carbocycles. The molecular weight excluding hydrogens is 405 g/mol. The molecule has 1 heterocycles. The van der Waals surface area contributed by atoms with Gasteiger partial charge in [0.15, 0.2) is 0 Å². The van der Waals surface area contributed by atoms with Crippen molar-refractivity contribution in [3.8, 4) is 22.8 Å². The second kappa shape index (κ2) is 10.4. The average Bonchev–Trinajstić information content (AvgIpc) is 3.21. The molecule has 0 unspecified atom stereocenters. The van der Waals surface area contributed by atoms with Crippen molar-refractivity contribution in [2.24, 2.45) is 0 Å². The third-order valence-electron chi connectivity index (χ3n) is 4.27. The maximum Gasteiger partial charge on any atom is 0.338 e. The number of nitrogens with zero attached hydrogens (tertiary/aromatic N) is 1. The van der Waals surface area contributed by atoms with Crippen LogP contribution in [0.2, 0.25) is 0 Å². The lowest BCUT2D eigenvalue weighted by Crippen LogP contribution is -1.98. The molecule has 8 heteroatoms. The molecule has 0 amide bonds. The summed E-state index contributed by atoms with van der Waals surface area (Å²) in [6.45, 7) is 4.61. The normalized spacial score (nSPS) is 11.4. The van der Waals surface area contributed by atoms with E-state index in [0.29, 0.717) is 31.3 Å². The number of benzene rings is 2. The van der Waals surface area contributed by atoms with E-state index in [1.165, 1.54) is 0 Å². The van der Waals surface area contributed by atoms with Gasteiger partial charge in [-0.1, -0.05) is 17.3 Å². The third kappa shape index (κ3) is 5.95. The number of methoxy groups -OCH3 is 1. The number of ether oxygens (including phenoxy) is 2. The van der Waals surface area contributed by atoms with Gasteiger partial charge in [0.25, 0.3) is 0 Å². The van der Waals surface area contributed by atoms with E-state index in [-0.39, 0.29) is 6.16 Å². The lowest BCUT2D eigenvalue weighted by molar-refractivity contribution is 0.216. The van der Waals surface area contributed by atoms with Gasteiger partial charge in [0, 0.05) is 11.6 Å². The van der Waals surface area contributed by atoms with Gasteiger partial charge < -0.3 is 23.0 Å². The first kappa shape index (κ1) is 22.1. The van der Waals surface area contributed by atoms with E-state index >= 15 is 0 Å². The average molecular weight is 431 g/mol. The first-order chi connectivity index (χ1) is 14.5. The summed E-state index contributed by atoms with van der Waals surface area (Å²) in [7, 11) is -1.59. The van der Waals surface area contributed by atoms with E-state index in [1.807, 2.05) is 48.5 Å². The van der Waals surface area contributed by atoms with Gasteiger partial charge in [-0.2, -0.15) is 0 Å². The predicted molar refractivity (Wildman–Crippen MR) is 114 cm³/mol. The van der Waals surface area contributed by atoms with Crippen LogP contribution >= 0.6 is 7.60 Å². The largest absolute Gasteiger partial charge is 0.497 e. The lowest BCUT2D eigenvalue weighted by Gasteiger charge is -2.14. The van der Waals surface area contributed by atoms with Gasteiger partial charge in [-0.15, -0.1) is 0 Å². The number of hydrogen-bond donors (Lipinski definition) is 0. The molecule has 7 nitrogen and oxygen atoms in total. The minimum absolute atomic E-state index is 0.0464. The lowest BCUT2D eigenvalue weighted by atomic mass is 10.1. The summed E-state index contributed by atoms with van der Waals surface area (Å²) in [5.41, 5.74) is 2.56. The van der Waals surface area contributed by atoms with Gasteiger partial charge in [-0.05, 0) is 55.8 Å².